The SMILES string of the molecule is O=C(NCc1ccccc1)c1cnc(Nc2cc(Cl)cc(Cl)c2)nc1. The van der Waals surface area contributed by atoms with Crippen LogP contribution >= 0.6 is 23.2 Å². The van der Waals surface area contributed by atoms with Gasteiger partial charge < -0.3 is 10.6 Å². The van der Waals surface area contributed by atoms with Crippen LogP contribution in [0.1, 0.15) is 15.9 Å². The molecule has 0 bridgehead atoms. The summed E-state index contributed by atoms with van der Waals surface area (Å²) in [5.74, 6) is 0.110. The normalized spacial score (nSPS) is 10.3. The number of nitrogens with zero attached hydrogens (tertiary/aromatic N) is 2. The third kappa shape index (κ3) is 4.92. The number of benzene rings is 2. The molecule has 0 atom stereocenters. The minimum atomic E-state index is -0.235. The van der Waals surface area contributed by atoms with Crippen LogP contribution < -0.4 is 10.6 Å². The zero-order valence-electron chi connectivity index (χ0n) is 13.0. The first kappa shape index (κ1) is 17.2. The predicted octanol–water partition coefficient (Wildman–Crippen LogP) is 4.46. The number of carbonyl (C=O) groups excluding carboxylic acids is 1. The van der Waals surface area contributed by atoms with Crippen LogP contribution in [0.15, 0.2) is 60.9 Å². The fourth-order valence-corrected chi connectivity index (χ4v) is 2.67. The van der Waals surface area contributed by atoms with Crippen LogP contribution in [-0.4, -0.2) is 15.9 Å². The second-order valence-corrected chi connectivity index (χ2v) is 6.12. The summed E-state index contributed by atoms with van der Waals surface area (Å²) in [6, 6.07) is 14.7. The molecule has 1 amide bonds. The van der Waals surface area contributed by atoms with Crippen molar-refractivity contribution >= 4 is 40.7 Å². The molecule has 3 aromatic rings. The Kier molecular flexibility index (Phi) is 5.48. The molecule has 2 N–H and O–H groups in total. The van der Waals surface area contributed by atoms with Crippen molar-refractivity contribution in [3.8, 4) is 0 Å². The second kappa shape index (κ2) is 7.96. The average molecular weight is 373 g/mol. The van der Waals surface area contributed by atoms with E-state index >= 15 is 0 Å². The van der Waals surface area contributed by atoms with Gasteiger partial charge in [-0.25, -0.2) is 9.97 Å². The molecule has 0 aliphatic rings. The van der Waals surface area contributed by atoms with Gasteiger partial charge >= 0.3 is 0 Å². The van der Waals surface area contributed by atoms with Crippen molar-refractivity contribution in [2.75, 3.05) is 5.32 Å². The van der Waals surface area contributed by atoms with Crippen molar-refractivity contribution in [2.45, 2.75) is 6.54 Å². The molecule has 0 radical (unpaired) electrons. The number of hydrogen-bond donors (Lipinski definition) is 2. The van der Waals surface area contributed by atoms with Gasteiger partial charge in [-0.2, -0.15) is 0 Å². The third-order valence-electron chi connectivity index (χ3n) is 3.33. The molecule has 0 fully saturated rings. The van der Waals surface area contributed by atoms with Crippen LogP contribution in [0.3, 0.4) is 0 Å². The van der Waals surface area contributed by atoms with Gasteiger partial charge in [0.1, 0.15) is 0 Å². The first-order valence-corrected chi connectivity index (χ1v) is 8.23. The van der Waals surface area contributed by atoms with Gasteiger partial charge in [0.15, 0.2) is 0 Å². The zero-order valence-corrected chi connectivity index (χ0v) is 14.6. The van der Waals surface area contributed by atoms with E-state index in [2.05, 4.69) is 20.6 Å². The quantitative estimate of drug-likeness (QED) is 0.693. The molecule has 25 heavy (non-hydrogen) atoms. The molecule has 0 aliphatic heterocycles. The number of hydrogen-bond acceptors (Lipinski definition) is 4. The Labute approximate surface area is 155 Å². The highest BCUT2D eigenvalue weighted by Crippen LogP contribution is 2.24. The summed E-state index contributed by atoms with van der Waals surface area (Å²) in [5, 5.41) is 6.82. The lowest BCUT2D eigenvalue weighted by molar-refractivity contribution is 0.0950. The Morgan fingerprint density at radius 2 is 1.60 bits per heavy atom. The van der Waals surface area contributed by atoms with E-state index in [4.69, 9.17) is 23.2 Å². The molecular weight excluding hydrogens is 359 g/mol. The van der Waals surface area contributed by atoms with Gasteiger partial charge in [0.2, 0.25) is 5.95 Å². The molecule has 5 nitrogen and oxygen atoms in total. The van der Waals surface area contributed by atoms with E-state index in [1.54, 1.807) is 18.2 Å². The standard InChI is InChI=1S/C18H14Cl2N4O/c19-14-6-15(20)8-16(7-14)24-18-22-10-13(11-23-18)17(25)21-9-12-4-2-1-3-5-12/h1-8,10-11H,9H2,(H,21,25)(H,22,23,24). The number of amides is 1. The van der Waals surface area contributed by atoms with Crippen LogP contribution in [0.25, 0.3) is 0 Å². The molecule has 1 aromatic heterocycles. The van der Waals surface area contributed by atoms with Gasteiger partial charge in [-0.05, 0) is 23.8 Å². The molecule has 0 saturated carbocycles. The minimum absolute atomic E-state index is 0.235. The number of rotatable bonds is 5. The number of carbonyl (C=O) groups is 1. The highest BCUT2D eigenvalue weighted by atomic mass is 35.5. The largest absolute Gasteiger partial charge is 0.348 e. The van der Waals surface area contributed by atoms with E-state index < -0.39 is 0 Å². The van der Waals surface area contributed by atoms with Gasteiger partial charge in [0, 0.05) is 34.7 Å². The Balaban J connectivity index is 1.62. The third-order valence-corrected chi connectivity index (χ3v) is 3.77. The number of aromatic nitrogens is 2. The summed E-state index contributed by atoms with van der Waals surface area (Å²) < 4.78 is 0. The maximum Gasteiger partial charge on any atom is 0.254 e. The summed E-state index contributed by atoms with van der Waals surface area (Å²) in [4.78, 5) is 20.4. The Hall–Kier alpha value is -2.63. The summed E-state index contributed by atoms with van der Waals surface area (Å²) in [6.07, 6.45) is 2.92. The highest BCUT2D eigenvalue weighted by Gasteiger charge is 2.07. The van der Waals surface area contributed by atoms with Crippen molar-refractivity contribution in [1.82, 2.24) is 15.3 Å². The number of nitrogens with one attached hydrogen (secondary N) is 2. The maximum absolute atomic E-state index is 12.1. The first-order chi connectivity index (χ1) is 12.1. The molecule has 0 spiro atoms. The van der Waals surface area contributed by atoms with E-state index in [1.807, 2.05) is 30.3 Å². The molecule has 0 aliphatic carbocycles. The lowest BCUT2D eigenvalue weighted by atomic mass is 10.2. The Morgan fingerprint density at radius 3 is 2.24 bits per heavy atom. The van der Waals surface area contributed by atoms with Crippen molar-refractivity contribution < 1.29 is 4.79 Å². The summed E-state index contributed by atoms with van der Waals surface area (Å²) >= 11 is 11.9. The summed E-state index contributed by atoms with van der Waals surface area (Å²) in [5.41, 5.74) is 2.07. The lowest BCUT2D eigenvalue weighted by Crippen LogP contribution is -2.23. The molecule has 7 heteroatoms. The topological polar surface area (TPSA) is 66.9 Å². The second-order valence-electron chi connectivity index (χ2n) is 5.25. The number of halogens is 2. The Morgan fingerprint density at radius 1 is 0.960 bits per heavy atom. The molecule has 0 unspecified atom stereocenters. The minimum Gasteiger partial charge on any atom is -0.348 e. The van der Waals surface area contributed by atoms with E-state index in [0.717, 1.165) is 5.56 Å². The number of anilines is 2. The van der Waals surface area contributed by atoms with Crippen LogP contribution in [0, 0.1) is 0 Å². The van der Waals surface area contributed by atoms with Gasteiger partial charge in [0.25, 0.3) is 5.91 Å². The van der Waals surface area contributed by atoms with E-state index in [0.29, 0.717) is 33.8 Å². The van der Waals surface area contributed by atoms with Crippen LogP contribution in [0.5, 0.6) is 0 Å². The maximum atomic E-state index is 12.1. The summed E-state index contributed by atoms with van der Waals surface area (Å²) in [7, 11) is 0. The zero-order chi connectivity index (χ0) is 17.6. The lowest BCUT2D eigenvalue weighted by Gasteiger charge is -2.07. The predicted molar refractivity (Wildman–Crippen MR) is 99.4 cm³/mol. The monoisotopic (exact) mass is 372 g/mol. The molecule has 2 aromatic carbocycles. The van der Waals surface area contributed by atoms with Gasteiger partial charge in [0.05, 0.1) is 5.56 Å². The molecule has 126 valence electrons. The fraction of sp³-hybridized carbons (Fsp3) is 0.0556. The smallest absolute Gasteiger partial charge is 0.254 e. The molecule has 1 heterocycles. The van der Waals surface area contributed by atoms with E-state index in [1.165, 1.54) is 12.4 Å². The van der Waals surface area contributed by atoms with Crippen LogP contribution in [-0.2, 0) is 6.54 Å². The van der Waals surface area contributed by atoms with E-state index in [-0.39, 0.29) is 5.91 Å². The fourth-order valence-electron chi connectivity index (χ4n) is 2.15. The average Bonchev–Trinajstić information content (AvgIpc) is 2.60. The first-order valence-electron chi connectivity index (χ1n) is 7.47. The van der Waals surface area contributed by atoms with Gasteiger partial charge in [-0.3, -0.25) is 4.79 Å². The van der Waals surface area contributed by atoms with Crippen molar-refractivity contribution in [1.29, 1.82) is 0 Å². The van der Waals surface area contributed by atoms with Crippen molar-refractivity contribution in [2.24, 2.45) is 0 Å². The summed E-state index contributed by atoms with van der Waals surface area (Å²) in [6.45, 7) is 0.445. The highest BCUT2D eigenvalue weighted by molar-refractivity contribution is 6.35. The van der Waals surface area contributed by atoms with Gasteiger partial charge in [-0.1, -0.05) is 53.5 Å². The van der Waals surface area contributed by atoms with Crippen LogP contribution in [0.2, 0.25) is 10.0 Å². The molecule has 3 rings (SSSR count). The molecule has 0 saturated heterocycles. The molecular formula is C18H14Cl2N4O. The Bertz CT molecular complexity index is 850. The van der Waals surface area contributed by atoms with Crippen molar-refractivity contribution in [3.63, 3.8) is 0 Å². The van der Waals surface area contributed by atoms with Crippen LogP contribution in [0.4, 0.5) is 11.6 Å². The van der Waals surface area contributed by atoms with E-state index in [9.17, 15) is 4.79 Å². The van der Waals surface area contributed by atoms with Crippen molar-refractivity contribution in [3.05, 3.63) is 82.1 Å². The van der Waals surface area contributed by atoms with Gasteiger partial charge in [-0.15, -0.1) is 0 Å².